The van der Waals surface area contributed by atoms with Crippen LogP contribution in [0.25, 0.3) is 0 Å². The largest absolute Gasteiger partial charge is 0.490 e. The van der Waals surface area contributed by atoms with Gasteiger partial charge in [0.1, 0.15) is 0 Å². The summed E-state index contributed by atoms with van der Waals surface area (Å²) in [6, 6.07) is 0. The van der Waals surface area contributed by atoms with Crippen LogP contribution in [0, 0.1) is 0 Å². The summed E-state index contributed by atoms with van der Waals surface area (Å²) in [4.78, 5) is 0. The van der Waals surface area contributed by atoms with Gasteiger partial charge in [-0.25, -0.2) is 0 Å². The van der Waals surface area contributed by atoms with Crippen LogP contribution in [-0.2, 0) is 6.54 Å². The Morgan fingerprint density at radius 2 is 2.00 bits per heavy atom. The normalized spacial score (nSPS) is 10.8. The number of aryl methyl sites for hydroxylation is 1. The number of nitrogens with zero attached hydrogens (tertiary/aromatic N) is 2. The highest BCUT2D eigenvalue weighted by Crippen LogP contribution is 2.09. The average molecular weight is 253 g/mol. The number of unbranched alkanes of at least 4 members (excludes halogenated alkanes) is 3. The van der Waals surface area contributed by atoms with Crippen molar-refractivity contribution in [2.75, 3.05) is 19.7 Å². The van der Waals surface area contributed by atoms with Crippen LogP contribution in [0.5, 0.6) is 5.75 Å². The van der Waals surface area contributed by atoms with Crippen LogP contribution in [0.2, 0.25) is 0 Å². The average Bonchev–Trinajstić information content (AvgIpc) is 2.85. The zero-order chi connectivity index (χ0) is 13.1. The summed E-state index contributed by atoms with van der Waals surface area (Å²) < 4.78 is 7.52. The van der Waals surface area contributed by atoms with Gasteiger partial charge in [0.15, 0.2) is 5.75 Å². The maximum Gasteiger partial charge on any atom is 0.157 e. The van der Waals surface area contributed by atoms with E-state index in [0.717, 1.165) is 38.4 Å². The lowest BCUT2D eigenvalue weighted by Crippen LogP contribution is -2.15. The van der Waals surface area contributed by atoms with Gasteiger partial charge >= 0.3 is 0 Å². The molecule has 0 bridgehead atoms. The van der Waals surface area contributed by atoms with E-state index in [0.29, 0.717) is 0 Å². The van der Waals surface area contributed by atoms with Crippen molar-refractivity contribution in [3.05, 3.63) is 12.4 Å². The van der Waals surface area contributed by atoms with Crippen LogP contribution in [0.3, 0.4) is 0 Å². The van der Waals surface area contributed by atoms with E-state index >= 15 is 0 Å². The first-order valence-electron chi connectivity index (χ1n) is 7.22. The van der Waals surface area contributed by atoms with Crippen molar-refractivity contribution in [2.45, 2.75) is 52.5 Å². The molecule has 1 aromatic rings. The third-order valence-corrected chi connectivity index (χ3v) is 2.88. The first-order valence-corrected chi connectivity index (χ1v) is 7.22. The molecule has 0 aliphatic carbocycles. The lowest BCUT2D eigenvalue weighted by molar-refractivity contribution is 0.304. The number of hydrogen-bond donors (Lipinski definition) is 1. The maximum absolute atomic E-state index is 5.63. The number of aromatic nitrogens is 2. The molecular formula is C14H27N3O. The fourth-order valence-corrected chi connectivity index (χ4v) is 1.79. The Hall–Kier alpha value is -1.03. The van der Waals surface area contributed by atoms with Crippen molar-refractivity contribution in [3.63, 3.8) is 0 Å². The smallest absolute Gasteiger partial charge is 0.157 e. The highest BCUT2D eigenvalue weighted by atomic mass is 16.5. The first-order chi connectivity index (χ1) is 8.86. The second kappa shape index (κ2) is 9.95. The summed E-state index contributed by atoms with van der Waals surface area (Å²) in [6.45, 7) is 8.27. The number of rotatable bonds is 11. The molecular weight excluding hydrogens is 226 g/mol. The van der Waals surface area contributed by atoms with Crippen LogP contribution >= 0.6 is 0 Å². The van der Waals surface area contributed by atoms with E-state index < -0.39 is 0 Å². The predicted molar refractivity (Wildman–Crippen MR) is 75.0 cm³/mol. The molecule has 0 saturated heterocycles. The van der Waals surface area contributed by atoms with E-state index in [9.17, 15) is 0 Å². The standard InChI is InChI=1S/C14H27N3O/c1-3-9-15-10-7-5-6-8-11-18-14-12-16-17(4-2)13-14/h12-13,15H,3-11H2,1-2H3. The van der Waals surface area contributed by atoms with Gasteiger partial charge in [0.25, 0.3) is 0 Å². The van der Waals surface area contributed by atoms with Gasteiger partial charge in [-0.05, 0) is 39.3 Å². The van der Waals surface area contributed by atoms with Crippen LogP contribution in [-0.4, -0.2) is 29.5 Å². The van der Waals surface area contributed by atoms with Crippen LogP contribution in [0.4, 0.5) is 0 Å². The Morgan fingerprint density at radius 3 is 2.72 bits per heavy atom. The number of ether oxygens (including phenoxy) is 1. The Kier molecular flexibility index (Phi) is 8.30. The third-order valence-electron chi connectivity index (χ3n) is 2.88. The molecule has 0 spiro atoms. The molecule has 0 atom stereocenters. The molecule has 0 radical (unpaired) electrons. The number of nitrogens with one attached hydrogen (secondary N) is 1. The van der Waals surface area contributed by atoms with Crippen LogP contribution < -0.4 is 10.1 Å². The fourth-order valence-electron chi connectivity index (χ4n) is 1.79. The minimum atomic E-state index is 0.803. The molecule has 0 aliphatic rings. The highest BCUT2D eigenvalue weighted by molar-refractivity contribution is 5.11. The van der Waals surface area contributed by atoms with Crippen molar-refractivity contribution < 1.29 is 4.74 Å². The van der Waals surface area contributed by atoms with Crippen LogP contribution in [0.1, 0.15) is 46.0 Å². The Morgan fingerprint density at radius 1 is 1.17 bits per heavy atom. The molecule has 104 valence electrons. The second-order valence-electron chi connectivity index (χ2n) is 4.54. The molecule has 0 amide bonds. The summed E-state index contributed by atoms with van der Waals surface area (Å²) in [6.07, 6.45) is 9.90. The predicted octanol–water partition coefficient (Wildman–Crippen LogP) is 2.84. The molecule has 0 aliphatic heterocycles. The molecule has 4 nitrogen and oxygen atoms in total. The van der Waals surface area contributed by atoms with E-state index in [1.807, 2.05) is 10.9 Å². The van der Waals surface area contributed by atoms with Gasteiger partial charge in [0, 0.05) is 6.54 Å². The molecule has 18 heavy (non-hydrogen) atoms. The first kappa shape index (κ1) is 15.0. The van der Waals surface area contributed by atoms with E-state index in [2.05, 4.69) is 24.3 Å². The van der Waals surface area contributed by atoms with Gasteiger partial charge in [-0.1, -0.05) is 19.8 Å². The minimum Gasteiger partial charge on any atom is -0.490 e. The van der Waals surface area contributed by atoms with Gasteiger partial charge in [-0.3, -0.25) is 4.68 Å². The van der Waals surface area contributed by atoms with E-state index in [-0.39, 0.29) is 0 Å². The topological polar surface area (TPSA) is 39.1 Å². The summed E-state index contributed by atoms with van der Waals surface area (Å²) >= 11 is 0. The minimum absolute atomic E-state index is 0.803. The number of hydrogen-bond acceptors (Lipinski definition) is 3. The van der Waals surface area contributed by atoms with Gasteiger partial charge in [0.05, 0.1) is 19.0 Å². The molecule has 4 heteroatoms. The SMILES string of the molecule is CCCNCCCCCCOc1cnn(CC)c1. The van der Waals surface area contributed by atoms with E-state index in [1.165, 1.54) is 25.7 Å². The van der Waals surface area contributed by atoms with Gasteiger partial charge in [-0.2, -0.15) is 5.10 Å². The van der Waals surface area contributed by atoms with Gasteiger partial charge < -0.3 is 10.1 Å². The summed E-state index contributed by atoms with van der Waals surface area (Å²) in [5.41, 5.74) is 0. The van der Waals surface area contributed by atoms with Crippen molar-refractivity contribution in [1.82, 2.24) is 15.1 Å². The molecule has 1 N–H and O–H groups in total. The molecule has 0 aromatic carbocycles. The molecule has 0 fully saturated rings. The molecule has 1 rings (SSSR count). The molecule has 1 aromatic heterocycles. The zero-order valence-corrected chi connectivity index (χ0v) is 11.8. The Labute approximate surface area is 111 Å². The van der Waals surface area contributed by atoms with Crippen molar-refractivity contribution in [1.29, 1.82) is 0 Å². The van der Waals surface area contributed by atoms with Crippen molar-refractivity contribution >= 4 is 0 Å². The highest BCUT2D eigenvalue weighted by Gasteiger charge is 1.97. The lowest BCUT2D eigenvalue weighted by Gasteiger charge is -2.04. The summed E-state index contributed by atoms with van der Waals surface area (Å²) in [7, 11) is 0. The summed E-state index contributed by atoms with van der Waals surface area (Å²) in [5.74, 6) is 0.890. The van der Waals surface area contributed by atoms with Crippen LogP contribution in [0.15, 0.2) is 12.4 Å². The quantitative estimate of drug-likeness (QED) is 0.616. The van der Waals surface area contributed by atoms with Crippen molar-refractivity contribution in [2.24, 2.45) is 0 Å². The molecule has 0 saturated carbocycles. The molecule has 1 heterocycles. The zero-order valence-electron chi connectivity index (χ0n) is 11.8. The fraction of sp³-hybridized carbons (Fsp3) is 0.786. The van der Waals surface area contributed by atoms with Gasteiger partial charge in [-0.15, -0.1) is 0 Å². The summed E-state index contributed by atoms with van der Waals surface area (Å²) in [5, 5.41) is 7.59. The van der Waals surface area contributed by atoms with Crippen molar-refractivity contribution in [3.8, 4) is 5.75 Å². The lowest BCUT2D eigenvalue weighted by atomic mass is 10.2. The Balaban J connectivity index is 1.89. The second-order valence-corrected chi connectivity index (χ2v) is 4.54. The molecule has 0 unspecified atom stereocenters. The maximum atomic E-state index is 5.63. The van der Waals surface area contributed by atoms with E-state index in [4.69, 9.17) is 4.74 Å². The third kappa shape index (κ3) is 6.64. The van der Waals surface area contributed by atoms with E-state index in [1.54, 1.807) is 6.20 Å². The Bertz CT molecular complexity index is 299. The monoisotopic (exact) mass is 253 g/mol. The van der Waals surface area contributed by atoms with Gasteiger partial charge in [0.2, 0.25) is 0 Å².